The number of methoxy groups -OCH3 is 1. The van der Waals surface area contributed by atoms with Gasteiger partial charge >= 0.3 is 5.97 Å². The molecule has 0 amide bonds. The number of azide groups is 1. The summed E-state index contributed by atoms with van der Waals surface area (Å²) in [5.74, 6) is -0.449. The van der Waals surface area contributed by atoms with Crippen LogP contribution in [0.5, 0.6) is 0 Å². The largest absolute Gasteiger partial charge is 0.465 e. The second-order valence-electron chi connectivity index (χ2n) is 2.63. The number of carbonyl (C=O) groups is 1. The maximum atomic E-state index is 11.1. The van der Waals surface area contributed by atoms with Crippen LogP contribution < -0.4 is 0 Å². The van der Waals surface area contributed by atoms with Gasteiger partial charge in [-0.15, -0.1) is 11.3 Å². The van der Waals surface area contributed by atoms with Crippen molar-refractivity contribution in [1.82, 2.24) is 0 Å². The van der Waals surface area contributed by atoms with E-state index in [0.717, 1.165) is 0 Å². The lowest BCUT2D eigenvalue weighted by Crippen LogP contribution is -2.00. The highest BCUT2D eigenvalue weighted by Gasteiger charge is 2.14. The van der Waals surface area contributed by atoms with Crippen LogP contribution in [0.15, 0.2) is 16.6 Å². The van der Waals surface area contributed by atoms with Crippen LogP contribution in [0.25, 0.3) is 10.4 Å². The van der Waals surface area contributed by atoms with Crippen LogP contribution in [-0.4, -0.2) is 24.8 Å². The molecule has 0 saturated carbocycles. The Kier molecular flexibility index (Phi) is 4.11. The van der Waals surface area contributed by atoms with Crippen LogP contribution in [0.2, 0.25) is 0 Å². The molecule has 1 N–H and O–H groups in total. The SMILES string of the molecule is COC(=O)c1csc(C(CO)N=[N+]=[N-])c1. The maximum absolute atomic E-state index is 11.1. The van der Waals surface area contributed by atoms with Gasteiger partial charge in [-0.1, -0.05) is 5.11 Å². The third-order valence-corrected chi connectivity index (χ3v) is 2.77. The molecule has 0 fully saturated rings. The molecule has 0 spiro atoms. The molecule has 1 unspecified atom stereocenters. The number of esters is 1. The van der Waals surface area contributed by atoms with E-state index in [9.17, 15) is 4.79 Å². The molecule has 0 aromatic carbocycles. The average molecular weight is 227 g/mol. The molecule has 15 heavy (non-hydrogen) atoms. The molecule has 0 saturated heterocycles. The van der Waals surface area contributed by atoms with Crippen LogP contribution in [0.1, 0.15) is 21.3 Å². The minimum atomic E-state index is -0.640. The van der Waals surface area contributed by atoms with Gasteiger partial charge < -0.3 is 9.84 Å². The number of aliphatic hydroxyl groups excluding tert-OH is 1. The first-order valence-corrected chi connectivity index (χ1v) is 4.92. The predicted octanol–water partition coefficient (Wildman–Crippen LogP) is 1.88. The van der Waals surface area contributed by atoms with Gasteiger partial charge in [-0.2, -0.15) is 0 Å². The maximum Gasteiger partial charge on any atom is 0.338 e. The smallest absolute Gasteiger partial charge is 0.338 e. The van der Waals surface area contributed by atoms with Gasteiger partial charge in [0.15, 0.2) is 0 Å². The van der Waals surface area contributed by atoms with Gasteiger partial charge in [-0.25, -0.2) is 4.79 Å². The summed E-state index contributed by atoms with van der Waals surface area (Å²) in [6.45, 7) is -0.287. The van der Waals surface area contributed by atoms with Crippen molar-refractivity contribution in [3.8, 4) is 0 Å². The number of hydrogen-bond acceptors (Lipinski definition) is 5. The van der Waals surface area contributed by atoms with Crippen LogP contribution in [0.4, 0.5) is 0 Å². The van der Waals surface area contributed by atoms with E-state index < -0.39 is 12.0 Å². The van der Waals surface area contributed by atoms with Gasteiger partial charge in [0.25, 0.3) is 0 Å². The van der Waals surface area contributed by atoms with Crippen LogP contribution >= 0.6 is 11.3 Å². The first-order chi connectivity index (χ1) is 7.22. The fourth-order valence-electron chi connectivity index (χ4n) is 0.998. The first-order valence-electron chi connectivity index (χ1n) is 4.04. The molecule has 80 valence electrons. The van der Waals surface area contributed by atoms with Crippen molar-refractivity contribution in [2.75, 3.05) is 13.7 Å². The highest BCUT2D eigenvalue weighted by atomic mass is 32.1. The third-order valence-electron chi connectivity index (χ3n) is 1.73. The highest BCUT2D eigenvalue weighted by molar-refractivity contribution is 7.10. The summed E-state index contributed by atoms with van der Waals surface area (Å²) in [5, 5.41) is 13.9. The number of ether oxygens (including phenoxy) is 1. The molecule has 7 heteroatoms. The molecule has 0 radical (unpaired) electrons. The molecule has 0 aliphatic rings. The number of nitrogens with zero attached hydrogens (tertiary/aromatic N) is 3. The lowest BCUT2D eigenvalue weighted by atomic mass is 10.2. The molecule has 0 bridgehead atoms. The van der Waals surface area contributed by atoms with Crippen molar-refractivity contribution in [1.29, 1.82) is 0 Å². The number of carbonyl (C=O) groups excluding carboxylic acids is 1. The molecular weight excluding hydrogens is 218 g/mol. The zero-order valence-corrected chi connectivity index (χ0v) is 8.77. The molecule has 6 nitrogen and oxygen atoms in total. The van der Waals surface area contributed by atoms with Crippen LogP contribution in [-0.2, 0) is 4.74 Å². The van der Waals surface area contributed by atoms with Gasteiger partial charge in [0.1, 0.15) is 0 Å². The lowest BCUT2D eigenvalue weighted by Gasteiger charge is -2.02. The minimum absolute atomic E-state index is 0.287. The van der Waals surface area contributed by atoms with E-state index in [-0.39, 0.29) is 6.61 Å². The predicted molar refractivity (Wildman–Crippen MR) is 54.6 cm³/mol. The third kappa shape index (κ3) is 2.69. The Bertz CT molecular complexity index is 398. The fraction of sp³-hybridized carbons (Fsp3) is 0.375. The van der Waals surface area contributed by atoms with Gasteiger partial charge in [0.2, 0.25) is 0 Å². The molecule has 1 aromatic heterocycles. The van der Waals surface area contributed by atoms with Crippen molar-refractivity contribution < 1.29 is 14.6 Å². The Balaban J connectivity index is 2.91. The van der Waals surface area contributed by atoms with Gasteiger partial charge in [0.05, 0.1) is 25.3 Å². The van der Waals surface area contributed by atoms with E-state index in [4.69, 9.17) is 10.6 Å². The van der Waals surface area contributed by atoms with Gasteiger partial charge in [0, 0.05) is 15.2 Å². The monoisotopic (exact) mass is 227 g/mol. The van der Waals surface area contributed by atoms with E-state index >= 15 is 0 Å². The Labute approximate surface area is 89.7 Å². The topological polar surface area (TPSA) is 95.3 Å². The normalized spacial score (nSPS) is 11.6. The second-order valence-corrected chi connectivity index (χ2v) is 3.58. The first kappa shape index (κ1) is 11.5. The quantitative estimate of drug-likeness (QED) is 0.368. The van der Waals surface area contributed by atoms with Crippen molar-refractivity contribution in [2.45, 2.75) is 6.04 Å². The summed E-state index contributed by atoms with van der Waals surface area (Å²) in [4.78, 5) is 14.4. The van der Waals surface area contributed by atoms with E-state index in [2.05, 4.69) is 14.8 Å². The summed E-state index contributed by atoms with van der Waals surface area (Å²) in [6.07, 6.45) is 0. The second kappa shape index (κ2) is 5.35. The summed E-state index contributed by atoms with van der Waals surface area (Å²) >= 11 is 1.24. The van der Waals surface area contributed by atoms with Crippen LogP contribution in [0, 0.1) is 0 Å². The number of aliphatic hydroxyl groups is 1. The Morgan fingerprint density at radius 3 is 3.13 bits per heavy atom. The van der Waals surface area contributed by atoms with Crippen molar-refractivity contribution in [3.63, 3.8) is 0 Å². The molecule has 0 aliphatic heterocycles. The van der Waals surface area contributed by atoms with E-state index in [1.54, 1.807) is 11.4 Å². The zero-order chi connectivity index (χ0) is 11.3. The van der Waals surface area contributed by atoms with Gasteiger partial charge in [-0.05, 0) is 11.6 Å². The van der Waals surface area contributed by atoms with Crippen molar-refractivity contribution in [3.05, 3.63) is 32.3 Å². The highest BCUT2D eigenvalue weighted by Crippen LogP contribution is 2.25. The van der Waals surface area contributed by atoms with Crippen molar-refractivity contribution >= 4 is 17.3 Å². The van der Waals surface area contributed by atoms with Crippen molar-refractivity contribution in [2.24, 2.45) is 5.11 Å². The molecule has 1 aromatic rings. The molecule has 1 atom stereocenters. The summed E-state index contributed by atoms with van der Waals surface area (Å²) < 4.78 is 4.52. The number of rotatable bonds is 4. The summed E-state index contributed by atoms with van der Waals surface area (Å²) in [6, 6.07) is 0.907. The number of hydrogen-bond donors (Lipinski definition) is 1. The summed E-state index contributed by atoms with van der Waals surface area (Å²) in [5.41, 5.74) is 8.64. The molecule has 1 heterocycles. The van der Waals surface area contributed by atoms with E-state index in [1.807, 2.05) is 0 Å². The standard InChI is InChI=1S/C8H9N3O3S/c1-14-8(13)5-2-7(15-4-5)6(3-12)10-11-9/h2,4,6,12H,3H2,1H3. The van der Waals surface area contributed by atoms with Crippen LogP contribution in [0.3, 0.4) is 0 Å². The van der Waals surface area contributed by atoms with E-state index in [0.29, 0.717) is 10.4 Å². The Morgan fingerprint density at radius 1 is 1.87 bits per heavy atom. The lowest BCUT2D eigenvalue weighted by molar-refractivity contribution is 0.0601. The Hall–Kier alpha value is -1.56. The molecule has 1 rings (SSSR count). The fourth-order valence-corrected chi connectivity index (χ4v) is 1.90. The Morgan fingerprint density at radius 2 is 2.60 bits per heavy atom. The zero-order valence-electron chi connectivity index (χ0n) is 7.95. The minimum Gasteiger partial charge on any atom is -0.465 e. The average Bonchev–Trinajstić information content (AvgIpc) is 2.73. The number of thiophene rings is 1. The van der Waals surface area contributed by atoms with Gasteiger partial charge in [-0.3, -0.25) is 0 Å². The van der Waals surface area contributed by atoms with E-state index in [1.165, 1.54) is 18.4 Å². The molecular formula is C8H9N3O3S. The molecule has 0 aliphatic carbocycles. The summed E-state index contributed by atoms with van der Waals surface area (Å²) in [7, 11) is 1.29.